The second kappa shape index (κ2) is 7.39. The van der Waals surface area contributed by atoms with Gasteiger partial charge in [-0.25, -0.2) is 0 Å². The Labute approximate surface area is 159 Å². The average molecular weight is 351 g/mol. The number of Topliss-reactive ketones (excluding diaryl/α,β-unsaturated/α-hetero) is 1. The standard InChI is InChI=1S/C25H34O/c1-17-20(10-9-11-23(17)18(2)26)13-12-19-14-21(24(3,4)5)16-22(15-19)25(6,7)8/h9-11,14-16H,12-13H2,1-8H3. The maximum atomic E-state index is 11.8. The van der Waals surface area contributed by atoms with E-state index in [9.17, 15) is 4.79 Å². The predicted octanol–water partition coefficient (Wildman–Crippen LogP) is 6.58. The van der Waals surface area contributed by atoms with Crippen LogP contribution in [0.3, 0.4) is 0 Å². The number of hydrogen-bond acceptors (Lipinski definition) is 1. The third-order valence-corrected chi connectivity index (χ3v) is 5.23. The SMILES string of the molecule is CC(=O)c1cccc(CCc2cc(C(C)(C)C)cc(C(C)(C)C)c2)c1C. The normalized spacial score (nSPS) is 12.3. The van der Waals surface area contributed by atoms with Crippen LogP contribution in [0.2, 0.25) is 0 Å². The molecule has 2 rings (SSSR count). The largest absolute Gasteiger partial charge is 0.295 e. The van der Waals surface area contributed by atoms with E-state index in [0.29, 0.717) is 0 Å². The van der Waals surface area contributed by atoms with Crippen LogP contribution >= 0.6 is 0 Å². The summed E-state index contributed by atoms with van der Waals surface area (Å²) in [4.78, 5) is 11.8. The van der Waals surface area contributed by atoms with Gasteiger partial charge in [-0.3, -0.25) is 4.79 Å². The molecule has 0 spiro atoms. The Hall–Kier alpha value is -1.89. The van der Waals surface area contributed by atoms with Crippen LogP contribution in [0.25, 0.3) is 0 Å². The van der Waals surface area contributed by atoms with E-state index in [4.69, 9.17) is 0 Å². The number of aryl methyl sites for hydroxylation is 2. The van der Waals surface area contributed by atoms with Crippen LogP contribution in [0.15, 0.2) is 36.4 Å². The molecule has 1 nitrogen and oxygen atoms in total. The van der Waals surface area contributed by atoms with Crippen LogP contribution in [0.5, 0.6) is 0 Å². The van der Waals surface area contributed by atoms with Crippen LogP contribution in [-0.2, 0) is 23.7 Å². The van der Waals surface area contributed by atoms with Crippen molar-refractivity contribution in [3.63, 3.8) is 0 Å². The van der Waals surface area contributed by atoms with Crippen molar-refractivity contribution in [2.24, 2.45) is 0 Å². The topological polar surface area (TPSA) is 17.1 Å². The van der Waals surface area contributed by atoms with Gasteiger partial charge in [0.2, 0.25) is 0 Å². The van der Waals surface area contributed by atoms with Crippen LogP contribution in [0.1, 0.15) is 86.6 Å². The van der Waals surface area contributed by atoms with Gasteiger partial charge in [0.15, 0.2) is 5.78 Å². The summed E-state index contributed by atoms with van der Waals surface area (Å²) in [6, 6.07) is 13.2. The molecule has 0 heterocycles. The van der Waals surface area contributed by atoms with Crippen molar-refractivity contribution < 1.29 is 4.79 Å². The third-order valence-electron chi connectivity index (χ3n) is 5.23. The smallest absolute Gasteiger partial charge is 0.160 e. The van der Waals surface area contributed by atoms with Crippen LogP contribution < -0.4 is 0 Å². The Bertz CT molecular complexity index is 766. The molecule has 0 saturated carbocycles. The summed E-state index contributed by atoms with van der Waals surface area (Å²) in [5.41, 5.74) is 7.71. The highest BCUT2D eigenvalue weighted by Gasteiger charge is 2.20. The van der Waals surface area contributed by atoms with Crippen LogP contribution in [0, 0.1) is 6.92 Å². The molecule has 0 aliphatic heterocycles. The predicted molar refractivity (Wildman–Crippen MR) is 112 cm³/mol. The molecule has 0 N–H and O–H groups in total. The zero-order valence-electron chi connectivity index (χ0n) is 17.8. The Morgan fingerprint density at radius 1 is 0.846 bits per heavy atom. The summed E-state index contributed by atoms with van der Waals surface area (Å²) < 4.78 is 0. The quantitative estimate of drug-likeness (QED) is 0.569. The molecule has 0 saturated heterocycles. The zero-order chi connectivity index (χ0) is 19.7. The number of ketones is 1. The molecule has 2 aromatic rings. The second-order valence-electron chi connectivity index (χ2n) is 9.56. The van der Waals surface area contributed by atoms with E-state index in [-0.39, 0.29) is 16.6 Å². The van der Waals surface area contributed by atoms with Gasteiger partial charge in [-0.05, 0) is 65.3 Å². The summed E-state index contributed by atoms with van der Waals surface area (Å²) in [6.45, 7) is 17.4. The van der Waals surface area contributed by atoms with Gasteiger partial charge in [0.05, 0.1) is 0 Å². The number of rotatable bonds is 4. The van der Waals surface area contributed by atoms with Crippen molar-refractivity contribution in [3.8, 4) is 0 Å². The number of benzene rings is 2. The van der Waals surface area contributed by atoms with Crippen molar-refractivity contribution in [1.29, 1.82) is 0 Å². The highest BCUT2D eigenvalue weighted by Crippen LogP contribution is 2.31. The molecular weight excluding hydrogens is 316 g/mol. The first-order valence-corrected chi connectivity index (χ1v) is 9.64. The number of carbonyl (C=O) groups is 1. The first-order chi connectivity index (χ1) is 11.9. The van der Waals surface area contributed by atoms with E-state index in [1.54, 1.807) is 6.92 Å². The highest BCUT2D eigenvalue weighted by molar-refractivity contribution is 5.95. The van der Waals surface area contributed by atoms with Crippen molar-refractivity contribution in [1.82, 2.24) is 0 Å². The Morgan fingerprint density at radius 2 is 1.38 bits per heavy atom. The molecule has 0 atom stereocenters. The van der Waals surface area contributed by atoms with Gasteiger partial charge in [0.25, 0.3) is 0 Å². The molecule has 0 amide bonds. The lowest BCUT2D eigenvalue weighted by Gasteiger charge is -2.26. The summed E-state index contributed by atoms with van der Waals surface area (Å²) in [5.74, 6) is 0.147. The molecule has 0 aromatic heterocycles. The van der Waals surface area contributed by atoms with Gasteiger partial charge >= 0.3 is 0 Å². The summed E-state index contributed by atoms with van der Waals surface area (Å²) in [6.07, 6.45) is 1.96. The minimum atomic E-state index is 0.139. The van der Waals surface area contributed by atoms with Gasteiger partial charge in [-0.1, -0.05) is 77.9 Å². The molecule has 2 aromatic carbocycles. The van der Waals surface area contributed by atoms with Crippen LogP contribution in [0.4, 0.5) is 0 Å². The van der Waals surface area contributed by atoms with Crippen LogP contribution in [-0.4, -0.2) is 5.78 Å². The maximum Gasteiger partial charge on any atom is 0.160 e. The number of hydrogen-bond donors (Lipinski definition) is 0. The van der Waals surface area contributed by atoms with Crippen molar-refractivity contribution >= 4 is 5.78 Å². The molecule has 140 valence electrons. The summed E-state index contributed by atoms with van der Waals surface area (Å²) >= 11 is 0. The van der Waals surface area contributed by atoms with Crippen molar-refractivity contribution in [3.05, 3.63) is 69.8 Å². The van der Waals surface area contributed by atoms with E-state index in [0.717, 1.165) is 24.0 Å². The molecule has 0 fully saturated rings. The van der Waals surface area contributed by atoms with Gasteiger partial charge in [-0.2, -0.15) is 0 Å². The van der Waals surface area contributed by atoms with Gasteiger partial charge in [0.1, 0.15) is 0 Å². The van der Waals surface area contributed by atoms with E-state index >= 15 is 0 Å². The molecule has 0 unspecified atom stereocenters. The minimum Gasteiger partial charge on any atom is -0.295 e. The molecule has 0 bridgehead atoms. The van der Waals surface area contributed by atoms with Crippen molar-refractivity contribution in [2.75, 3.05) is 0 Å². The lowest BCUT2D eigenvalue weighted by atomic mass is 9.79. The fraction of sp³-hybridized carbons (Fsp3) is 0.480. The van der Waals surface area contributed by atoms with E-state index in [1.807, 2.05) is 12.1 Å². The Morgan fingerprint density at radius 3 is 1.85 bits per heavy atom. The molecule has 0 aliphatic carbocycles. The van der Waals surface area contributed by atoms with Crippen molar-refractivity contribution in [2.45, 2.75) is 79.1 Å². The first kappa shape index (κ1) is 20.4. The Balaban J connectivity index is 2.35. The van der Waals surface area contributed by atoms with Gasteiger partial charge in [-0.15, -0.1) is 0 Å². The second-order valence-corrected chi connectivity index (χ2v) is 9.56. The monoisotopic (exact) mass is 350 g/mol. The third kappa shape index (κ3) is 4.84. The molecule has 1 heteroatoms. The lowest BCUT2D eigenvalue weighted by Crippen LogP contribution is -2.17. The summed E-state index contributed by atoms with van der Waals surface area (Å²) in [7, 11) is 0. The number of carbonyl (C=O) groups excluding carboxylic acids is 1. The lowest BCUT2D eigenvalue weighted by molar-refractivity contribution is 0.101. The van der Waals surface area contributed by atoms with Gasteiger partial charge < -0.3 is 0 Å². The molecular formula is C25H34O. The Kier molecular flexibility index (Phi) is 5.80. The molecule has 0 aliphatic rings. The fourth-order valence-corrected chi connectivity index (χ4v) is 3.32. The van der Waals surface area contributed by atoms with E-state index in [2.05, 4.69) is 72.7 Å². The highest BCUT2D eigenvalue weighted by atomic mass is 16.1. The fourth-order valence-electron chi connectivity index (χ4n) is 3.32. The average Bonchev–Trinajstić information content (AvgIpc) is 2.51. The van der Waals surface area contributed by atoms with Gasteiger partial charge in [0, 0.05) is 5.56 Å². The molecule has 26 heavy (non-hydrogen) atoms. The van der Waals surface area contributed by atoms with E-state index in [1.165, 1.54) is 22.3 Å². The maximum absolute atomic E-state index is 11.8. The minimum absolute atomic E-state index is 0.139. The molecule has 0 radical (unpaired) electrons. The first-order valence-electron chi connectivity index (χ1n) is 9.64. The zero-order valence-corrected chi connectivity index (χ0v) is 17.8. The summed E-state index contributed by atoms with van der Waals surface area (Å²) in [5, 5.41) is 0. The van der Waals surface area contributed by atoms with E-state index < -0.39 is 0 Å².